The minimum Gasteiger partial charge on any atom is -0.366 e. The molecule has 0 unspecified atom stereocenters. The monoisotopic (exact) mass is 254 g/mol. The maximum atomic E-state index is 11.0. The van der Waals surface area contributed by atoms with Crippen molar-refractivity contribution in [2.24, 2.45) is 0 Å². The lowest BCUT2D eigenvalue weighted by Gasteiger charge is -2.22. The molecule has 1 saturated heterocycles. The minimum absolute atomic E-state index is 0.0980. The van der Waals surface area contributed by atoms with Crippen LogP contribution in [-0.2, 0) is 9.53 Å². The van der Waals surface area contributed by atoms with Crippen LogP contribution in [0.3, 0.4) is 0 Å². The van der Waals surface area contributed by atoms with Gasteiger partial charge in [0.05, 0.1) is 6.10 Å². The highest BCUT2D eigenvalue weighted by Crippen LogP contribution is 2.27. The van der Waals surface area contributed by atoms with Gasteiger partial charge in [0.15, 0.2) is 5.78 Å². The second kappa shape index (κ2) is 4.24. The molecule has 0 radical (unpaired) electrons. The van der Waals surface area contributed by atoms with Crippen molar-refractivity contribution in [2.75, 3.05) is 6.61 Å². The summed E-state index contributed by atoms with van der Waals surface area (Å²) in [7, 11) is 0. The van der Waals surface area contributed by atoms with Crippen molar-refractivity contribution in [1.29, 1.82) is 0 Å². The summed E-state index contributed by atoms with van der Waals surface area (Å²) >= 11 is 3.38. The summed E-state index contributed by atoms with van der Waals surface area (Å²) in [6, 6.07) is 8.05. The average molecular weight is 255 g/mol. The first-order valence-electron chi connectivity index (χ1n) is 4.64. The number of halogens is 1. The quantitative estimate of drug-likeness (QED) is 0.771. The number of hydrogen-bond donors (Lipinski definition) is 0. The highest BCUT2D eigenvalue weighted by atomic mass is 79.9. The van der Waals surface area contributed by atoms with Crippen LogP contribution >= 0.6 is 15.9 Å². The summed E-state index contributed by atoms with van der Waals surface area (Å²) in [4.78, 5) is 11.0. The molecule has 1 atom stereocenters. The zero-order chi connectivity index (χ0) is 9.97. The number of Topliss-reactive ketones (excluding diaryl/α,β-unsaturated/α-hetero) is 1. The Morgan fingerprint density at radius 1 is 1.29 bits per heavy atom. The highest BCUT2D eigenvalue weighted by Gasteiger charge is 2.20. The molecule has 2 nitrogen and oxygen atoms in total. The Morgan fingerprint density at radius 2 is 2.00 bits per heavy atom. The first-order chi connectivity index (χ1) is 6.75. The lowest BCUT2D eigenvalue weighted by molar-refractivity contribution is -0.131. The molecule has 1 fully saturated rings. The summed E-state index contributed by atoms with van der Waals surface area (Å²) in [6.07, 6.45) is 1.54. The van der Waals surface area contributed by atoms with Crippen LogP contribution in [0.4, 0.5) is 0 Å². The Labute approximate surface area is 91.4 Å². The second-order valence-corrected chi connectivity index (χ2v) is 4.34. The summed E-state index contributed by atoms with van der Waals surface area (Å²) in [5.74, 6) is 0.207. The minimum atomic E-state index is 0.0980. The van der Waals surface area contributed by atoms with Crippen LogP contribution in [0.2, 0.25) is 0 Å². The van der Waals surface area contributed by atoms with Gasteiger partial charge < -0.3 is 4.74 Å². The van der Waals surface area contributed by atoms with E-state index in [2.05, 4.69) is 15.9 Å². The molecule has 14 heavy (non-hydrogen) atoms. The van der Waals surface area contributed by atoms with Gasteiger partial charge in [0.25, 0.3) is 0 Å². The molecule has 0 N–H and O–H groups in total. The predicted molar refractivity (Wildman–Crippen MR) is 57.1 cm³/mol. The lowest BCUT2D eigenvalue weighted by Crippen LogP contribution is -2.20. The number of rotatable bonds is 1. The molecule has 1 aromatic carbocycles. The molecule has 0 amide bonds. The lowest BCUT2D eigenvalue weighted by atomic mass is 10.0. The second-order valence-electron chi connectivity index (χ2n) is 3.43. The zero-order valence-electron chi connectivity index (χ0n) is 7.70. The van der Waals surface area contributed by atoms with E-state index < -0.39 is 0 Å². The fraction of sp³-hybridized carbons (Fsp3) is 0.364. The summed E-state index contributed by atoms with van der Waals surface area (Å²) in [5.41, 5.74) is 1.15. The van der Waals surface area contributed by atoms with Gasteiger partial charge in [0.2, 0.25) is 0 Å². The molecular formula is C11H11BrO2. The molecule has 0 spiro atoms. The van der Waals surface area contributed by atoms with E-state index in [1.54, 1.807) is 0 Å². The standard InChI is InChI=1S/C11H11BrO2/c12-9-3-1-8(2-4-9)11-6-5-10(13)7-14-11/h1-4,11H,5-7H2/t11-/m0/s1. The molecule has 74 valence electrons. The Balaban J connectivity index is 2.08. The first kappa shape index (κ1) is 9.87. The summed E-state index contributed by atoms with van der Waals surface area (Å²) in [6.45, 7) is 0.265. The number of benzene rings is 1. The van der Waals surface area contributed by atoms with Crippen LogP contribution in [-0.4, -0.2) is 12.4 Å². The molecule has 1 aromatic rings. The van der Waals surface area contributed by atoms with E-state index in [4.69, 9.17) is 4.74 Å². The van der Waals surface area contributed by atoms with E-state index in [1.165, 1.54) is 0 Å². The van der Waals surface area contributed by atoms with Gasteiger partial charge in [-0.2, -0.15) is 0 Å². The van der Waals surface area contributed by atoms with Gasteiger partial charge in [-0.1, -0.05) is 28.1 Å². The maximum absolute atomic E-state index is 11.0. The Bertz CT molecular complexity index is 322. The fourth-order valence-electron chi connectivity index (χ4n) is 1.58. The van der Waals surface area contributed by atoms with Crippen LogP contribution in [0.15, 0.2) is 28.7 Å². The molecule has 0 aliphatic carbocycles. The Hall–Kier alpha value is -0.670. The Morgan fingerprint density at radius 3 is 2.57 bits per heavy atom. The first-order valence-corrected chi connectivity index (χ1v) is 5.44. The molecular weight excluding hydrogens is 244 g/mol. The van der Waals surface area contributed by atoms with Gasteiger partial charge in [0.1, 0.15) is 6.61 Å². The van der Waals surface area contributed by atoms with Crippen molar-refractivity contribution < 1.29 is 9.53 Å². The van der Waals surface area contributed by atoms with E-state index in [0.717, 1.165) is 16.5 Å². The zero-order valence-corrected chi connectivity index (χ0v) is 9.29. The Kier molecular flexibility index (Phi) is 2.99. The van der Waals surface area contributed by atoms with E-state index in [1.807, 2.05) is 24.3 Å². The largest absolute Gasteiger partial charge is 0.366 e. The third kappa shape index (κ3) is 2.22. The van der Waals surface area contributed by atoms with Crippen molar-refractivity contribution in [2.45, 2.75) is 18.9 Å². The molecule has 1 aliphatic heterocycles. The number of ketones is 1. The van der Waals surface area contributed by atoms with E-state index in [0.29, 0.717) is 6.42 Å². The van der Waals surface area contributed by atoms with Gasteiger partial charge in [-0.3, -0.25) is 4.79 Å². The SMILES string of the molecule is O=C1CC[C@@H](c2ccc(Br)cc2)OC1. The van der Waals surface area contributed by atoms with Gasteiger partial charge in [-0.15, -0.1) is 0 Å². The van der Waals surface area contributed by atoms with Gasteiger partial charge in [-0.05, 0) is 24.1 Å². The van der Waals surface area contributed by atoms with Gasteiger partial charge in [0, 0.05) is 10.9 Å². The molecule has 0 aromatic heterocycles. The summed E-state index contributed by atoms with van der Waals surface area (Å²) < 4.78 is 6.51. The van der Waals surface area contributed by atoms with Gasteiger partial charge >= 0.3 is 0 Å². The number of hydrogen-bond acceptors (Lipinski definition) is 2. The van der Waals surface area contributed by atoms with Crippen LogP contribution < -0.4 is 0 Å². The molecule has 0 bridgehead atoms. The maximum Gasteiger partial charge on any atom is 0.158 e. The average Bonchev–Trinajstić information content (AvgIpc) is 2.21. The van der Waals surface area contributed by atoms with Crippen LogP contribution in [0.25, 0.3) is 0 Å². The normalized spacial score (nSPS) is 22.4. The van der Waals surface area contributed by atoms with E-state index >= 15 is 0 Å². The molecule has 1 aliphatic rings. The summed E-state index contributed by atoms with van der Waals surface area (Å²) in [5, 5.41) is 0. The van der Waals surface area contributed by atoms with Crippen molar-refractivity contribution in [3.8, 4) is 0 Å². The van der Waals surface area contributed by atoms with Crippen LogP contribution in [0.1, 0.15) is 24.5 Å². The molecule has 0 saturated carbocycles. The van der Waals surface area contributed by atoms with E-state index in [9.17, 15) is 4.79 Å². The third-order valence-electron chi connectivity index (χ3n) is 2.37. The fourth-order valence-corrected chi connectivity index (χ4v) is 1.85. The number of carbonyl (C=O) groups excluding carboxylic acids is 1. The van der Waals surface area contributed by atoms with Crippen molar-refractivity contribution in [3.05, 3.63) is 34.3 Å². The van der Waals surface area contributed by atoms with Crippen molar-refractivity contribution in [1.82, 2.24) is 0 Å². The van der Waals surface area contributed by atoms with Crippen molar-refractivity contribution >= 4 is 21.7 Å². The molecule has 1 heterocycles. The highest BCUT2D eigenvalue weighted by molar-refractivity contribution is 9.10. The van der Waals surface area contributed by atoms with Crippen LogP contribution in [0, 0.1) is 0 Å². The molecule has 3 heteroatoms. The number of carbonyl (C=O) groups is 1. The smallest absolute Gasteiger partial charge is 0.158 e. The van der Waals surface area contributed by atoms with E-state index in [-0.39, 0.29) is 18.5 Å². The predicted octanol–water partition coefficient (Wildman–Crippen LogP) is 2.87. The topological polar surface area (TPSA) is 26.3 Å². The van der Waals surface area contributed by atoms with Crippen LogP contribution in [0.5, 0.6) is 0 Å². The third-order valence-corrected chi connectivity index (χ3v) is 2.90. The van der Waals surface area contributed by atoms with Gasteiger partial charge in [-0.25, -0.2) is 0 Å². The molecule has 2 rings (SSSR count). The van der Waals surface area contributed by atoms with Crippen molar-refractivity contribution in [3.63, 3.8) is 0 Å². The number of ether oxygens (including phenoxy) is 1.